The van der Waals surface area contributed by atoms with Crippen LogP contribution in [0.2, 0.25) is 0 Å². The van der Waals surface area contributed by atoms with E-state index in [-0.39, 0.29) is 24.4 Å². The molecule has 2 unspecified atom stereocenters. The van der Waals surface area contributed by atoms with Gasteiger partial charge in [0.2, 0.25) is 5.91 Å². The average molecular weight is 243 g/mol. The molecule has 2 atom stereocenters. The Balaban J connectivity index is 0.00000128. The van der Waals surface area contributed by atoms with Crippen molar-refractivity contribution < 1.29 is 9.90 Å². The zero-order chi connectivity index (χ0) is 10.7. The zero-order valence-electron chi connectivity index (χ0n) is 8.72. The quantitative estimate of drug-likeness (QED) is 0.718. The van der Waals surface area contributed by atoms with Gasteiger partial charge in [0.25, 0.3) is 0 Å². The van der Waals surface area contributed by atoms with E-state index in [0.717, 1.165) is 5.69 Å². The van der Waals surface area contributed by atoms with Crippen LogP contribution in [0.5, 0.6) is 0 Å². The monoisotopic (exact) mass is 242 g/mol. The minimum atomic E-state index is -0.406. The fourth-order valence-corrected chi connectivity index (χ4v) is 1.67. The Morgan fingerprint density at radius 2 is 2.06 bits per heavy atom. The smallest absolute Gasteiger partial charge is 0.241 e. The number of β-amino-alcohol motifs (C(OH)–C–C–N with tert-alkyl or cyclic N) is 1. The molecular weight excluding hydrogens is 228 g/mol. The maximum atomic E-state index is 11.7. The minimum absolute atomic E-state index is 0. The number of anilines is 1. The van der Waals surface area contributed by atoms with Gasteiger partial charge in [-0.05, 0) is 18.6 Å². The molecule has 0 aromatic heterocycles. The highest BCUT2D eigenvalue weighted by molar-refractivity contribution is 5.95. The number of nitrogens with one attached hydrogen (secondary N) is 2. The normalized spacial score (nSPS) is 23.6. The summed E-state index contributed by atoms with van der Waals surface area (Å²) in [5.74, 6) is -0.0854. The van der Waals surface area contributed by atoms with Crippen LogP contribution in [-0.4, -0.2) is 29.7 Å². The summed E-state index contributed by atoms with van der Waals surface area (Å²) in [6, 6.07) is 9.03. The molecule has 5 heteroatoms. The number of amides is 1. The lowest BCUT2D eigenvalue weighted by atomic mass is 10.2. The van der Waals surface area contributed by atoms with Crippen molar-refractivity contribution >= 4 is 24.0 Å². The van der Waals surface area contributed by atoms with Crippen LogP contribution in [0, 0.1) is 0 Å². The molecule has 0 saturated carbocycles. The van der Waals surface area contributed by atoms with Crippen molar-refractivity contribution in [1.82, 2.24) is 5.32 Å². The summed E-state index contributed by atoms with van der Waals surface area (Å²) in [4.78, 5) is 11.7. The number of hydrogen-bond acceptors (Lipinski definition) is 3. The summed E-state index contributed by atoms with van der Waals surface area (Å²) in [7, 11) is 0. The van der Waals surface area contributed by atoms with Gasteiger partial charge in [0.15, 0.2) is 0 Å². The molecule has 1 saturated heterocycles. The van der Waals surface area contributed by atoms with Crippen molar-refractivity contribution in [3.05, 3.63) is 30.3 Å². The summed E-state index contributed by atoms with van der Waals surface area (Å²) < 4.78 is 0. The highest BCUT2D eigenvalue weighted by Crippen LogP contribution is 2.10. The molecule has 4 nitrogen and oxygen atoms in total. The molecule has 0 aliphatic carbocycles. The number of rotatable bonds is 2. The second-order valence-corrected chi connectivity index (χ2v) is 3.71. The Morgan fingerprint density at radius 3 is 2.62 bits per heavy atom. The molecule has 1 fully saturated rings. The maximum Gasteiger partial charge on any atom is 0.241 e. The molecule has 1 aliphatic rings. The minimum Gasteiger partial charge on any atom is -0.392 e. The lowest BCUT2D eigenvalue weighted by Crippen LogP contribution is -2.35. The summed E-state index contributed by atoms with van der Waals surface area (Å²) in [6.45, 7) is 0.493. The van der Waals surface area contributed by atoms with Crippen molar-refractivity contribution in [2.24, 2.45) is 0 Å². The molecule has 0 bridgehead atoms. The van der Waals surface area contributed by atoms with E-state index in [1.54, 1.807) is 0 Å². The molecule has 1 amide bonds. The Bertz CT molecular complexity index is 345. The molecule has 1 heterocycles. The molecule has 16 heavy (non-hydrogen) atoms. The van der Waals surface area contributed by atoms with E-state index in [4.69, 9.17) is 0 Å². The van der Waals surface area contributed by atoms with Gasteiger partial charge >= 0.3 is 0 Å². The molecule has 0 spiro atoms. The van der Waals surface area contributed by atoms with Gasteiger partial charge < -0.3 is 15.7 Å². The van der Waals surface area contributed by atoms with Crippen molar-refractivity contribution in [2.75, 3.05) is 11.9 Å². The van der Waals surface area contributed by atoms with Crippen molar-refractivity contribution in [2.45, 2.75) is 18.6 Å². The number of carbonyl (C=O) groups is 1. The van der Waals surface area contributed by atoms with Gasteiger partial charge in [0.1, 0.15) is 0 Å². The standard InChI is InChI=1S/C11H14N2O2.ClH/c14-9-6-10(12-7-9)11(15)13-8-4-2-1-3-5-8;/h1-5,9-10,12,14H,6-7H2,(H,13,15);1H. The molecule has 1 aromatic rings. The van der Waals surface area contributed by atoms with Crippen molar-refractivity contribution in [3.63, 3.8) is 0 Å². The topological polar surface area (TPSA) is 61.4 Å². The first-order chi connectivity index (χ1) is 7.25. The average Bonchev–Trinajstić information content (AvgIpc) is 2.66. The molecule has 3 N–H and O–H groups in total. The first-order valence-electron chi connectivity index (χ1n) is 5.03. The third-order valence-corrected chi connectivity index (χ3v) is 2.47. The maximum absolute atomic E-state index is 11.7. The van der Waals surface area contributed by atoms with E-state index >= 15 is 0 Å². The highest BCUT2D eigenvalue weighted by Gasteiger charge is 2.27. The first kappa shape index (κ1) is 13.0. The van der Waals surface area contributed by atoms with Crippen molar-refractivity contribution in [1.29, 1.82) is 0 Å². The second kappa shape index (κ2) is 5.84. The fourth-order valence-electron chi connectivity index (χ4n) is 1.67. The molecular formula is C11H15ClN2O2. The Kier molecular flexibility index (Phi) is 4.73. The summed E-state index contributed by atoms with van der Waals surface area (Å²) in [6.07, 6.45) is 0.0788. The van der Waals surface area contributed by atoms with Gasteiger partial charge in [0.05, 0.1) is 12.1 Å². The Hall–Kier alpha value is -1.10. The highest BCUT2D eigenvalue weighted by atomic mass is 35.5. The van der Waals surface area contributed by atoms with E-state index in [2.05, 4.69) is 10.6 Å². The van der Waals surface area contributed by atoms with Gasteiger partial charge in [-0.15, -0.1) is 12.4 Å². The number of halogens is 1. The number of carbonyl (C=O) groups excluding carboxylic acids is 1. The summed E-state index contributed by atoms with van der Waals surface area (Å²) in [5, 5.41) is 15.0. The van der Waals surface area contributed by atoms with Crippen LogP contribution in [0.1, 0.15) is 6.42 Å². The summed E-state index contributed by atoms with van der Waals surface area (Å²) >= 11 is 0. The van der Waals surface area contributed by atoms with Crippen LogP contribution in [0.4, 0.5) is 5.69 Å². The van der Waals surface area contributed by atoms with Gasteiger partial charge in [-0.3, -0.25) is 4.79 Å². The number of aliphatic hydroxyl groups excluding tert-OH is 1. The Labute approximate surface area is 100 Å². The van der Waals surface area contributed by atoms with Crippen LogP contribution in [0.3, 0.4) is 0 Å². The fraction of sp³-hybridized carbons (Fsp3) is 0.364. The van der Waals surface area contributed by atoms with Crippen molar-refractivity contribution in [3.8, 4) is 0 Å². The van der Waals surface area contributed by atoms with Crippen LogP contribution in [-0.2, 0) is 4.79 Å². The van der Waals surface area contributed by atoms with Crippen LogP contribution >= 0.6 is 12.4 Å². The molecule has 1 aromatic carbocycles. The molecule has 1 aliphatic heterocycles. The van der Waals surface area contributed by atoms with Crippen LogP contribution < -0.4 is 10.6 Å². The second-order valence-electron chi connectivity index (χ2n) is 3.71. The lowest BCUT2D eigenvalue weighted by molar-refractivity contribution is -0.117. The predicted molar refractivity (Wildman–Crippen MR) is 64.7 cm³/mol. The van der Waals surface area contributed by atoms with E-state index in [0.29, 0.717) is 13.0 Å². The molecule has 88 valence electrons. The number of aliphatic hydroxyl groups is 1. The first-order valence-corrected chi connectivity index (χ1v) is 5.03. The van der Waals surface area contributed by atoms with Gasteiger partial charge in [-0.1, -0.05) is 18.2 Å². The van der Waals surface area contributed by atoms with E-state index < -0.39 is 6.10 Å². The molecule has 2 rings (SSSR count). The SMILES string of the molecule is Cl.O=C(Nc1ccccc1)C1CC(O)CN1. The van der Waals surface area contributed by atoms with Gasteiger partial charge in [0, 0.05) is 12.2 Å². The lowest BCUT2D eigenvalue weighted by Gasteiger charge is -2.10. The predicted octanol–water partition coefficient (Wildman–Crippen LogP) is 0.770. The van der Waals surface area contributed by atoms with E-state index in [1.807, 2.05) is 30.3 Å². The largest absolute Gasteiger partial charge is 0.392 e. The Morgan fingerprint density at radius 1 is 1.38 bits per heavy atom. The van der Waals surface area contributed by atoms with Crippen LogP contribution in [0.15, 0.2) is 30.3 Å². The van der Waals surface area contributed by atoms with E-state index in [9.17, 15) is 9.90 Å². The van der Waals surface area contributed by atoms with Crippen LogP contribution in [0.25, 0.3) is 0 Å². The number of benzene rings is 1. The number of hydrogen-bond donors (Lipinski definition) is 3. The van der Waals surface area contributed by atoms with Gasteiger partial charge in [-0.25, -0.2) is 0 Å². The third kappa shape index (κ3) is 3.20. The number of para-hydroxylation sites is 1. The zero-order valence-corrected chi connectivity index (χ0v) is 9.54. The summed E-state index contributed by atoms with van der Waals surface area (Å²) in [5.41, 5.74) is 0.783. The van der Waals surface area contributed by atoms with Gasteiger partial charge in [-0.2, -0.15) is 0 Å². The third-order valence-electron chi connectivity index (χ3n) is 2.47. The molecule has 0 radical (unpaired) electrons. The van der Waals surface area contributed by atoms with E-state index in [1.165, 1.54) is 0 Å².